The van der Waals surface area contributed by atoms with Gasteiger partial charge in [-0.1, -0.05) is 29.5 Å². The third-order valence-electron chi connectivity index (χ3n) is 5.56. The lowest BCUT2D eigenvalue weighted by atomic mass is 9.97. The van der Waals surface area contributed by atoms with Gasteiger partial charge < -0.3 is 5.32 Å². The molecule has 4 rings (SSSR count). The number of carbonyl (C=O) groups is 1. The number of anilines is 1. The van der Waals surface area contributed by atoms with Gasteiger partial charge in [0, 0.05) is 23.9 Å². The zero-order valence-corrected chi connectivity index (χ0v) is 20.2. The van der Waals surface area contributed by atoms with E-state index < -0.39 is 10.0 Å². The average molecular weight is 476 g/mol. The summed E-state index contributed by atoms with van der Waals surface area (Å²) in [7, 11) is -3.57. The van der Waals surface area contributed by atoms with Crippen LogP contribution in [0.15, 0.2) is 46.2 Å². The summed E-state index contributed by atoms with van der Waals surface area (Å²) in [6.45, 7) is 4.75. The Kier molecular flexibility index (Phi) is 6.39. The molecule has 2 heterocycles. The Labute approximate surface area is 191 Å². The van der Waals surface area contributed by atoms with Crippen LogP contribution in [0.5, 0.6) is 0 Å². The first kappa shape index (κ1) is 22.3. The lowest BCUT2D eigenvalue weighted by molar-refractivity contribution is -0.120. The Morgan fingerprint density at radius 3 is 2.61 bits per heavy atom. The molecule has 0 bridgehead atoms. The van der Waals surface area contributed by atoms with Crippen molar-refractivity contribution >= 4 is 54.4 Å². The van der Waals surface area contributed by atoms with Crippen LogP contribution in [0.25, 0.3) is 10.2 Å². The van der Waals surface area contributed by atoms with E-state index >= 15 is 0 Å². The quantitative estimate of drug-likeness (QED) is 0.542. The predicted octanol–water partition coefficient (Wildman–Crippen LogP) is 4.67. The molecule has 9 heteroatoms. The minimum absolute atomic E-state index is 0.0880. The van der Waals surface area contributed by atoms with E-state index in [0.29, 0.717) is 36.0 Å². The summed E-state index contributed by atoms with van der Waals surface area (Å²) in [5.41, 5.74) is 3.19. The lowest BCUT2D eigenvalue weighted by Crippen LogP contribution is -2.41. The molecule has 1 aliphatic heterocycles. The second-order valence-electron chi connectivity index (χ2n) is 7.77. The van der Waals surface area contributed by atoms with Crippen LogP contribution >= 0.6 is 23.1 Å². The summed E-state index contributed by atoms with van der Waals surface area (Å²) >= 11 is 2.90. The zero-order chi connectivity index (χ0) is 22.2. The summed E-state index contributed by atoms with van der Waals surface area (Å²) in [5, 5.41) is 3.54. The van der Waals surface area contributed by atoms with Gasteiger partial charge >= 0.3 is 0 Å². The van der Waals surface area contributed by atoms with E-state index in [-0.39, 0.29) is 11.8 Å². The molecule has 1 N–H and O–H groups in total. The molecule has 0 saturated carbocycles. The fourth-order valence-corrected chi connectivity index (χ4v) is 7.48. The number of benzene rings is 2. The number of hydrogen-bond acceptors (Lipinski definition) is 6. The number of rotatable bonds is 5. The third kappa shape index (κ3) is 4.50. The molecule has 164 valence electrons. The number of aryl methyl sites for hydroxylation is 2. The number of piperidine rings is 1. The minimum Gasteiger partial charge on any atom is -0.302 e. The standard InChI is InChI=1S/C22H25N3O3S3/c1-14-12-15(2)20-17(13-14)23-22(30-20)24-21(26)16-8-10-25(11-9-16)31(27,28)19-7-5-4-6-18(19)29-3/h4-7,12-13,16H,8-11H2,1-3H3,(H,23,24,26). The van der Waals surface area contributed by atoms with E-state index in [9.17, 15) is 13.2 Å². The molecular weight excluding hydrogens is 450 g/mol. The summed E-state index contributed by atoms with van der Waals surface area (Å²) in [6, 6.07) is 11.2. The van der Waals surface area contributed by atoms with Crippen LogP contribution in [-0.4, -0.2) is 43.0 Å². The van der Waals surface area contributed by atoms with Crippen molar-refractivity contribution in [1.82, 2.24) is 9.29 Å². The summed E-state index contributed by atoms with van der Waals surface area (Å²) in [5.74, 6) is -0.313. The Morgan fingerprint density at radius 2 is 1.90 bits per heavy atom. The second kappa shape index (κ2) is 8.90. The van der Waals surface area contributed by atoms with Gasteiger partial charge in [-0.25, -0.2) is 13.4 Å². The highest BCUT2D eigenvalue weighted by molar-refractivity contribution is 7.99. The zero-order valence-electron chi connectivity index (χ0n) is 17.7. The number of fused-ring (bicyclic) bond motifs is 1. The van der Waals surface area contributed by atoms with Crippen molar-refractivity contribution in [2.75, 3.05) is 24.7 Å². The highest BCUT2D eigenvalue weighted by Gasteiger charge is 2.33. The Morgan fingerprint density at radius 1 is 1.19 bits per heavy atom. The predicted molar refractivity (Wildman–Crippen MR) is 127 cm³/mol. The van der Waals surface area contributed by atoms with Gasteiger partial charge in [-0.2, -0.15) is 4.31 Å². The number of thiazole rings is 1. The van der Waals surface area contributed by atoms with E-state index in [1.165, 1.54) is 27.4 Å². The Bertz CT molecular complexity index is 1230. The maximum Gasteiger partial charge on any atom is 0.244 e. The topological polar surface area (TPSA) is 79.4 Å². The smallest absolute Gasteiger partial charge is 0.244 e. The van der Waals surface area contributed by atoms with Crippen molar-refractivity contribution in [1.29, 1.82) is 0 Å². The molecule has 0 atom stereocenters. The van der Waals surface area contributed by atoms with Crippen molar-refractivity contribution in [3.63, 3.8) is 0 Å². The molecule has 2 aromatic carbocycles. The number of hydrogen-bond donors (Lipinski definition) is 1. The minimum atomic E-state index is -3.57. The van der Waals surface area contributed by atoms with Crippen LogP contribution < -0.4 is 5.32 Å². The highest BCUT2D eigenvalue weighted by atomic mass is 32.2. The number of amides is 1. The summed E-state index contributed by atoms with van der Waals surface area (Å²) < 4.78 is 28.8. The van der Waals surface area contributed by atoms with E-state index in [4.69, 9.17) is 0 Å². The number of nitrogens with zero attached hydrogens (tertiary/aromatic N) is 2. The second-order valence-corrected chi connectivity index (χ2v) is 11.5. The van der Waals surface area contributed by atoms with Gasteiger partial charge in [0.05, 0.1) is 15.1 Å². The molecule has 0 aliphatic carbocycles. The first-order chi connectivity index (χ1) is 14.8. The monoisotopic (exact) mass is 475 g/mol. The largest absolute Gasteiger partial charge is 0.302 e. The van der Waals surface area contributed by atoms with Gasteiger partial charge in [0.2, 0.25) is 15.9 Å². The number of aromatic nitrogens is 1. The fraction of sp³-hybridized carbons (Fsp3) is 0.364. The number of nitrogens with one attached hydrogen (secondary N) is 1. The first-order valence-corrected chi connectivity index (χ1v) is 13.6. The van der Waals surface area contributed by atoms with Gasteiger partial charge in [-0.05, 0) is 62.3 Å². The van der Waals surface area contributed by atoms with Crippen LogP contribution in [0.3, 0.4) is 0 Å². The van der Waals surface area contributed by atoms with Gasteiger partial charge in [0.1, 0.15) is 0 Å². The van der Waals surface area contributed by atoms with Crippen LogP contribution in [0.2, 0.25) is 0 Å². The highest BCUT2D eigenvalue weighted by Crippen LogP contribution is 2.32. The number of sulfonamides is 1. The van der Waals surface area contributed by atoms with E-state index in [1.807, 2.05) is 38.3 Å². The molecule has 6 nitrogen and oxygen atoms in total. The van der Waals surface area contributed by atoms with E-state index in [0.717, 1.165) is 26.2 Å². The van der Waals surface area contributed by atoms with Crippen molar-refractivity contribution in [2.24, 2.45) is 5.92 Å². The lowest BCUT2D eigenvalue weighted by Gasteiger charge is -2.30. The molecule has 31 heavy (non-hydrogen) atoms. The Hall–Kier alpha value is -1.94. The van der Waals surface area contributed by atoms with Crippen LogP contribution in [0.1, 0.15) is 24.0 Å². The van der Waals surface area contributed by atoms with Crippen LogP contribution in [0.4, 0.5) is 5.13 Å². The van der Waals surface area contributed by atoms with Crippen LogP contribution in [-0.2, 0) is 14.8 Å². The molecule has 0 spiro atoms. The molecule has 0 unspecified atom stereocenters. The fourth-order valence-electron chi connectivity index (χ4n) is 3.97. The van der Waals surface area contributed by atoms with Crippen LogP contribution in [0, 0.1) is 19.8 Å². The van der Waals surface area contributed by atoms with Crippen molar-refractivity contribution in [3.8, 4) is 0 Å². The molecule has 1 fully saturated rings. The number of carbonyl (C=O) groups excluding carboxylic acids is 1. The third-order valence-corrected chi connectivity index (χ3v) is 9.57. The van der Waals surface area contributed by atoms with Gasteiger partial charge in [-0.15, -0.1) is 11.8 Å². The first-order valence-electron chi connectivity index (χ1n) is 10.1. The maximum absolute atomic E-state index is 13.1. The molecule has 0 radical (unpaired) electrons. The van der Waals surface area contributed by atoms with Crippen molar-refractivity contribution < 1.29 is 13.2 Å². The Balaban J connectivity index is 1.43. The average Bonchev–Trinajstić information content (AvgIpc) is 3.16. The van der Waals surface area contributed by atoms with Gasteiger partial charge in [-0.3, -0.25) is 4.79 Å². The van der Waals surface area contributed by atoms with E-state index in [2.05, 4.69) is 16.4 Å². The normalized spacial score (nSPS) is 16.0. The molecule has 1 aromatic heterocycles. The molecule has 3 aromatic rings. The molecule has 1 saturated heterocycles. The number of thioether (sulfide) groups is 1. The van der Waals surface area contributed by atoms with E-state index in [1.54, 1.807) is 12.1 Å². The molecule has 1 aliphatic rings. The van der Waals surface area contributed by atoms with Crippen molar-refractivity contribution in [2.45, 2.75) is 36.5 Å². The van der Waals surface area contributed by atoms with Gasteiger partial charge in [0.25, 0.3) is 0 Å². The molecule has 1 amide bonds. The summed E-state index contributed by atoms with van der Waals surface area (Å²) in [6.07, 6.45) is 2.86. The van der Waals surface area contributed by atoms with Crippen molar-refractivity contribution in [3.05, 3.63) is 47.5 Å². The van der Waals surface area contributed by atoms with Gasteiger partial charge in [0.15, 0.2) is 5.13 Å². The SMILES string of the molecule is CSc1ccccc1S(=O)(=O)N1CCC(C(=O)Nc2nc3cc(C)cc(C)c3s2)CC1. The maximum atomic E-state index is 13.1. The molecular formula is C22H25N3O3S3. The summed E-state index contributed by atoms with van der Waals surface area (Å²) in [4.78, 5) is 18.4.